The summed E-state index contributed by atoms with van der Waals surface area (Å²) < 4.78 is 54.8. The smallest absolute Gasteiger partial charge is 0.262 e. The molecule has 1 heterocycles. The maximum absolute atomic E-state index is 13.0. The zero-order chi connectivity index (χ0) is 20.7. The average Bonchev–Trinajstić information content (AvgIpc) is 2.56. The van der Waals surface area contributed by atoms with E-state index in [4.69, 9.17) is 11.6 Å². The predicted molar refractivity (Wildman–Crippen MR) is 113 cm³/mol. The van der Waals surface area contributed by atoms with Crippen LogP contribution in [0.2, 0.25) is 5.02 Å². The second kappa shape index (κ2) is 7.57. The van der Waals surface area contributed by atoms with Crippen LogP contribution in [0.3, 0.4) is 0 Å². The number of hydrogen-bond donors (Lipinski definition) is 1. The first kappa shape index (κ1) is 21.0. The van der Waals surface area contributed by atoms with Gasteiger partial charge in [-0.05, 0) is 74.6 Å². The molecule has 0 aromatic heterocycles. The third-order valence-corrected chi connectivity index (χ3v) is 8.57. The highest BCUT2D eigenvalue weighted by atomic mass is 35.5. The van der Waals surface area contributed by atoms with Crippen molar-refractivity contribution in [3.05, 3.63) is 52.0 Å². The lowest BCUT2D eigenvalue weighted by atomic mass is 10.1. The summed E-state index contributed by atoms with van der Waals surface area (Å²) >= 11 is 5.99. The van der Waals surface area contributed by atoms with Crippen LogP contribution in [0.15, 0.2) is 35.2 Å². The van der Waals surface area contributed by atoms with Gasteiger partial charge in [0, 0.05) is 11.6 Å². The molecule has 0 aliphatic carbocycles. The van der Waals surface area contributed by atoms with Crippen LogP contribution in [-0.2, 0) is 20.0 Å². The summed E-state index contributed by atoms with van der Waals surface area (Å²) in [6.07, 6.45) is 1.43. The van der Waals surface area contributed by atoms with Gasteiger partial charge in [0.05, 0.1) is 22.0 Å². The van der Waals surface area contributed by atoms with E-state index in [0.29, 0.717) is 40.5 Å². The summed E-state index contributed by atoms with van der Waals surface area (Å²) in [5.74, 6) is 0.112. The summed E-state index contributed by atoms with van der Waals surface area (Å²) in [5, 5.41) is 0.433. The summed E-state index contributed by atoms with van der Waals surface area (Å²) in [7, 11) is -7.23. The van der Waals surface area contributed by atoms with Crippen molar-refractivity contribution >= 4 is 43.0 Å². The maximum atomic E-state index is 13.0. The monoisotopic (exact) mass is 442 g/mol. The fraction of sp³-hybridized carbons (Fsp3) is 0.368. The van der Waals surface area contributed by atoms with Crippen molar-refractivity contribution in [2.75, 3.05) is 21.3 Å². The second-order valence-corrected chi connectivity index (χ2v) is 11.1. The molecule has 1 aliphatic rings. The number of hydrogen-bond acceptors (Lipinski definition) is 4. The van der Waals surface area contributed by atoms with Gasteiger partial charge in [-0.25, -0.2) is 16.8 Å². The summed E-state index contributed by atoms with van der Waals surface area (Å²) in [4.78, 5) is 0.144. The maximum Gasteiger partial charge on any atom is 0.262 e. The van der Waals surface area contributed by atoms with E-state index in [-0.39, 0.29) is 10.6 Å². The number of benzene rings is 2. The molecule has 0 bridgehead atoms. The molecule has 0 radical (unpaired) electrons. The van der Waals surface area contributed by atoms with Crippen LogP contribution in [-0.4, -0.2) is 29.1 Å². The van der Waals surface area contributed by atoms with Crippen LogP contribution < -0.4 is 9.03 Å². The molecule has 6 nitrogen and oxygen atoms in total. The number of sulfonamides is 2. The Morgan fingerprint density at radius 2 is 1.64 bits per heavy atom. The molecular formula is C19H23ClN2O4S2. The van der Waals surface area contributed by atoms with Gasteiger partial charge in [-0.3, -0.25) is 9.03 Å². The summed E-state index contributed by atoms with van der Waals surface area (Å²) in [6, 6.07) is 8.24. The van der Waals surface area contributed by atoms with Crippen LogP contribution in [0, 0.1) is 20.8 Å². The molecule has 0 atom stereocenters. The molecule has 1 saturated heterocycles. The molecule has 0 amide bonds. The molecule has 1 aliphatic heterocycles. The van der Waals surface area contributed by atoms with E-state index in [2.05, 4.69) is 4.72 Å². The Kier molecular flexibility index (Phi) is 5.67. The van der Waals surface area contributed by atoms with E-state index >= 15 is 0 Å². The molecule has 2 aromatic carbocycles. The van der Waals surface area contributed by atoms with Crippen molar-refractivity contribution in [2.45, 2.75) is 38.5 Å². The van der Waals surface area contributed by atoms with Gasteiger partial charge in [0.1, 0.15) is 0 Å². The molecule has 0 saturated carbocycles. The normalized spacial score (nSPS) is 16.8. The van der Waals surface area contributed by atoms with Crippen molar-refractivity contribution in [1.29, 1.82) is 0 Å². The molecule has 0 unspecified atom stereocenters. The lowest BCUT2D eigenvalue weighted by Crippen LogP contribution is -2.38. The zero-order valence-electron chi connectivity index (χ0n) is 16.0. The molecule has 28 heavy (non-hydrogen) atoms. The number of halogens is 1. The van der Waals surface area contributed by atoms with E-state index < -0.39 is 20.0 Å². The molecule has 152 valence electrons. The lowest BCUT2D eigenvalue weighted by molar-refractivity contribution is 0.574. The molecule has 0 spiro atoms. The summed E-state index contributed by atoms with van der Waals surface area (Å²) in [6.45, 7) is 5.55. The molecule has 1 N–H and O–H groups in total. The Balaban J connectivity index is 2.02. The van der Waals surface area contributed by atoms with Crippen LogP contribution in [0.1, 0.15) is 29.5 Å². The first-order valence-corrected chi connectivity index (χ1v) is 12.4. The molecule has 9 heteroatoms. The highest BCUT2D eigenvalue weighted by Crippen LogP contribution is 2.32. The van der Waals surface area contributed by atoms with Gasteiger partial charge in [0.25, 0.3) is 10.0 Å². The van der Waals surface area contributed by atoms with Gasteiger partial charge >= 0.3 is 0 Å². The van der Waals surface area contributed by atoms with E-state index in [1.807, 2.05) is 0 Å². The zero-order valence-corrected chi connectivity index (χ0v) is 18.4. The van der Waals surface area contributed by atoms with E-state index in [0.717, 1.165) is 12.0 Å². The van der Waals surface area contributed by atoms with Crippen LogP contribution in [0.25, 0.3) is 0 Å². The van der Waals surface area contributed by atoms with Crippen molar-refractivity contribution in [1.82, 2.24) is 0 Å². The Bertz CT molecular complexity index is 1110. The van der Waals surface area contributed by atoms with E-state index in [9.17, 15) is 16.8 Å². The predicted octanol–water partition coefficient (Wildman–Crippen LogP) is 4.00. The standard InChI is InChI=1S/C19H23ClN2O4S2/c1-13-6-7-16(20)12-18(13)21-28(25,26)19-14(2)10-17(11-15(19)3)22-8-4-5-9-27(22,23)24/h6-7,10-12,21H,4-5,8-9H2,1-3H3. The van der Waals surface area contributed by atoms with Gasteiger partial charge in [0.2, 0.25) is 10.0 Å². The van der Waals surface area contributed by atoms with Gasteiger partial charge in [0.15, 0.2) is 0 Å². The van der Waals surface area contributed by atoms with Gasteiger partial charge in [-0.2, -0.15) is 0 Å². The average molecular weight is 443 g/mol. The van der Waals surface area contributed by atoms with Crippen molar-refractivity contribution < 1.29 is 16.8 Å². The van der Waals surface area contributed by atoms with Crippen molar-refractivity contribution in [3.63, 3.8) is 0 Å². The molecule has 2 aromatic rings. The van der Waals surface area contributed by atoms with Crippen LogP contribution in [0.4, 0.5) is 11.4 Å². The van der Waals surface area contributed by atoms with Crippen molar-refractivity contribution in [2.24, 2.45) is 0 Å². The third kappa shape index (κ3) is 4.14. The fourth-order valence-corrected chi connectivity index (χ4v) is 6.85. The Morgan fingerprint density at radius 1 is 1.00 bits per heavy atom. The number of anilines is 2. The highest BCUT2D eigenvalue weighted by Gasteiger charge is 2.28. The highest BCUT2D eigenvalue weighted by molar-refractivity contribution is 7.93. The molecular weight excluding hydrogens is 420 g/mol. The SMILES string of the molecule is Cc1ccc(Cl)cc1NS(=O)(=O)c1c(C)cc(N2CCCCS2(=O)=O)cc1C. The number of aryl methyl sites for hydroxylation is 3. The molecule has 1 fully saturated rings. The minimum atomic E-state index is -3.87. The first-order chi connectivity index (χ1) is 13.0. The Labute approximate surface area is 171 Å². The van der Waals surface area contributed by atoms with Crippen LogP contribution in [0.5, 0.6) is 0 Å². The van der Waals surface area contributed by atoms with E-state index in [1.165, 1.54) is 4.31 Å². The number of nitrogens with one attached hydrogen (secondary N) is 1. The Hall–Kier alpha value is -1.77. The lowest BCUT2D eigenvalue weighted by Gasteiger charge is -2.29. The third-order valence-electron chi connectivity index (χ3n) is 4.80. The first-order valence-electron chi connectivity index (χ1n) is 8.92. The quantitative estimate of drug-likeness (QED) is 0.775. The van der Waals surface area contributed by atoms with Gasteiger partial charge in [-0.15, -0.1) is 0 Å². The van der Waals surface area contributed by atoms with E-state index in [1.54, 1.807) is 51.1 Å². The fourth-order valence-electron chi connectivity index (χ4n) is 3.47. The largest absolute Gasteiger partial charge is 0.279 e. The minimum absolute atomic E-state index is 0.112. The summed E-state index contributed by atoms with van der Waals surface area (Å²) in [5.41, 5.74) is 2.65. The second-order valence-electron chi connectivity index (χ2n) is 7.07. The number of nitrogens with zero attached hydrogens (tertiary/aromatic N) is 1. The van der Waals surface area contributed by atoms with Gasteiger partial charge in [-0.1, -0.05) is 17.7 Å². The van der Waals surface area contributed by atoms with Gasteiger partial charge < -0.3 is 0 Å². The van der Waals surface area contributed by atoms with Crippen molar-refractivity contribution in [3.8, 4) is 0 Å². The topological polar surface area (TPSA) is 83.6 Å². The Morgan fingerprint density at radius 3 is 2.25 bits per heavy atom. The minimum Gasteiger partial charge on any atom is -0.279 e. The molecule has 3 rings (SSSR count). The number of rotatable bonds is 4. The van der Waals surface area contributed by atoms with Crippen LogP contribution >= 0.6 is 11.6 Å².